The second-order valence-electron chi connectivity index (χ2n) is 6.07. The van der Waals surface area contributed by atoms with Crippen LogP contribution in [0.3, 0.4) is 0 Å². The molecule has 0 aromatic heterocycles. The van der Waals surface area contributed by atoms with E-state index in [9.17, 15) is 4.79 Å². The van der Waals surface area contributed by atoms with Gasteiger partial charge in [-0.2, -0.15) is 0 Å². The van der Waals surface area contributed by atoms with Crippen LogP contribution < -0.4 is 16.0 Å². The molecule has 1 saturated heterocycles. The summed E-state index contributed by atoms with van der Waals surface area (Å²) in [5.74, 6) is 0.0928. The van der Waals surface area contributed by atoms with Gasteiger partial charge in [0.05, 0.1) is 6.04 Å². The third kappa shape index (κ3) is 4.62. The maximum Gasteiger partial charge on any atom is 0.238 e. The van der Waals surface area contributed by atoms with E-state index >= 15 is 0 Å². The Morgan fingerprint density at radius 3 is 2.70 bits per heavy atom. The Balaban J connectivity index is 1.82. The number of hydrogen-bond donors (Lipinski definition) is 3. The molecular weight excluding hydrogens is 250 g/mol. The predicted octanol–water partition coefficient (Wildman–Crippen LogP) is 1.08. The third-order valence-electron chi connectivity index (χ3n) is 3.70. The molecule has 1 aliphatic heterocycles. The van der Waals surface area contributed by atoms with Crippen molar-refractivity contribution >= 4 is 5.91 Å². The van der Waals surface area contributed by atoms with Gasteiger partial charge in [-0.05, 0) is 32.3 Å². The van der Waals surface area contributed by atoms with E-state index < -0.39 is 0 Å². The van der Waals surface area contributed by atoms with E-state index in [1.165, 1.54) is 5.56 Å². The van der Waals surface area contributed by atoms with Crippen molar-refractivity contribution < 1.29 is 4.79 Å². The lowest BCUT2D eigenvalue weighted by Gasteiger charge is -2.31. The molecule has 0 bridgehead atoms. The molecule has 1 aromatic rings. The lowest BCUT2D eigenvalue weighted by Crippen LogP contribution is -2.59. The molecule has 3 N–H and O–H groups in total. The SMILES string of the molecule is CC(C)(CCc1ccccc1)NC(=O)C1CNCCN1. The molecule has 20 heavy (non-hydrogen) atoms. The minimum Gasteiger partial charge on any atom is -0.350 e. The highest BCUT2D eigenvalue weighted by molar-refractivity contribution is 5.82. The summed E-state index contributed by atoms with van der Waals surface area (Å²) in [7, 11) is 0. The van der Waals surface area contributed by atoms with E-state index in [0.29, 0.717) is 6.54 Å². The van der Waals surface area contributed by atoms with Gasteiger partial charge in [-0.25, -0.2) is 0 Å². The van der Waals surface area contributed by atoms with Crippen molar-refractivity contribution in [2.75, 3.05) is 19.6 Å². The minimum absolute atomic E-state index is 0.0928. The van der Waals surface area contributed by atoms with Crippen LogP contribution in [0.25, 0.3) is 0 Å². The first-order valence-electron chi connectivity index (χ1n) is 7.37. The van der Waals surface area contributed by atoms with Crippen molar-refractivity contribution in [1.82, 2.24) is 16.0 Å². The highest BCUT2D eigenvalue weighted by Gasteiger charge is 2.26. The molecule has 1 atom stereocenters. The summed E-state index contributed by atoms with van der Waals surface area (Å²) in [4.78, 5) is 12.2. The van der Waals surface area contributed by atoms with Crippen LogP contribution in [0, 0.1) is 0 Å². The summed E-state index contributed by atoms with van der Waals surface area (Å²) < 4.78 is 0. The lowest BCUT2D eigenvalue weighted by atomic mass is 9.94. The van der Waals surface area contributed by atoms with Crippen LogP contribution in [0.15, 0.2) is 30.3 Å². The largest absolute Gasteiger partial charge is 0.350 e. The van der Waals surface area contributed by atoms with Crippen LogP contribution in [0.2, 0.25) is 0 Å². The van der Waals surface area contributed by atoms with E-state index in [1.54, 1.807) is 0 Å². The zero-order chi connectivity index (χ0) is 14.4. The summed E-state index contributed by atoms with van der Waals surface area (Å²) >= 11 is 0. The van der Waals surface area contributed by atoms with Crippen LogP contribution in [0.5, 0.6) is 0 Å². The highest BCUT2D eigenvalue weighted by atomic mass is 16.2. The van der Waals surface area contributed by atoms with Crippen molar-refractivity contribution in [1.29, 1.82) is 0 Å². The number of hydrogen-bond acceptors (Lipinski definition) is 3. The number of piperazine rings is 1. The van der Waals surface area contributed by atoms with Crippen molar-refractivity contribution in [3.05, 3.63) is 35.9 Å². The molecule has 0 saturated carbocycles. The van der Waals surface area contributed by atoms with Gasteiger partial charge in [0.15, 0.2) is 0 Å². The summed E-state index contributed by atoms with van der Waals surface area (Å²) in [5, 5.41) is 9.63. The summed E-state index contributed by atoms with van der Waals surface area (Å²) in [5.41, 5.74) is 1.12. The average Bonchev–Trinajstić information content (AvgIpc) is 2.47. The number of rotatable bonds is 5. The second kappa shape index (κ2) is 6.86. The number of amides is 1. The van der Waals surface area contributed by atoms with Crippen molar-refractivity contribution in [3.8, 4) is 0 Å². The molecule has 1 fully saturated rings. The normalized spacial score (nSPS) is 19.6. The first-order valence-corrected chi connectivity index (χ1v) is 7.37. The minimum atomic E-state index is -0.188. The molecule has 1 heterocycles. The number of benzene rings is 1. The van der Waals surface area contributed by atoms with Gasteiger partial charge in [-0.1, -0.05) is 30.3 Å². The molecule has 1 amide bonds. The fourth-order valence-electron chi connectivity index (χ4n) is 2.42. The van der Waals surface area contributed by atoms with E-state index in [-0.39, 0.29) is 17.5 Å². The van der Waals surface area contributed by atoms with Crippen LogP contribution in [-0.4, -0.2) is 37.1 Å². The fourth-order valence-corrected chi connectivity index (χ4v) is 2.42. The van der Waals surface area contributed by atoms with Crippen LogP contribution in [-0.2, 0) is 11.2 Å². The molecule has 2 rings (SSSR count). The number of carbonyl (C=O) groups is 1. The van der Waals surface area contributed by atoms with Gasteiger partial charge in [-0.3, -0.25) is 4.79 Å². The number of nitrogens with one attached hydrogen (secondary N) is 3. The molecule has 4 nitrogen and oxygen atoms in total. The Kier molecular flexibility index (Phi) is 5.15. The monoisotopic (exact) mass is 275 g/mol. The summed E-state index contributed by atoms with van der Waals surface area (Å²) in [6.45, 7) is 6.67. The summed E-state index contributed by atoms with van der Waals surface area (Å²) in [6, 6.07) is 10.3. The van der Waals surface area contributed by atoms with Crippen molar-refractivity contribution in [2.45, 2.75) is 38.3 Å². The van der Waals surface area contributed by atoms with Crippen molar-refractivity contribution in [2.24, 2.45) is 0 Å². The molecule has 4 heteroatoms. The quantitative estimate of drug-likeness (QED) is 0.753. The van der Waals surface area contributed by atoms with Gasteiger partial charge < -0.3 is 16.0 Å². The molecule has 0 spiro atoms. The van der Waals surface area contributed by atoms with Gasteiger partial charge in [-0.15, -0.1) is 0 Å². The maximum absolute atomic E-state index is 12.2. The van der Waals surface area contributed by atoms with Gasteiger partial charge in [0, 0.05) is 25.2 Å². The fraction of sp³-hybridized carbons (Fsp3) is 0.562. The standard InChI is InChI=1S/C16H25N3O/c1-16(2,9-8-13-6-4-3-5-7-13)19-15(20)14-12-17-10-11-18-14/h3-7,14,17-18H,8-12H2,1-2H3,(H,19,20). The van der Waals surface area contributed by atoms with Crippen LogP contribution in [0.1, 0.15) is 25.8 Å². The molecule has 0 aliphatic carbocycles. The topological polar surface area (TPSA) is 53.2 Å². The summed E-state index contributed by atoms with van der Waals surface area (Å²) in [6.07, 6.45) is 1.91. The molecule has 0 radical (unpaired) electrons. The van der Waals surface area contributed by atoms with Gasteiger partial charge >= 0.3 is 0 Å². The average molecular weight is 275 g/mol. The number of carbonyl (C=O) groups excluding carboxylic acids is 1. The molecule has 1 aliphatic rings. The van der Waals surface area contributed by atoms with E-state index in [2.05, 4.69) is 54.1 Å². The molecule has 1 unspecified atom stereocenters. The predicted molar refractivity (Wildman–Crippen MR) is 81.6 cm³/mol. The Bertz CT molecular complexity index is 425. The van der Waals surface area contributed by atoms with Gasteiger partial charge in [0.1, 0.15) is 0 Å². The first kappa shape index (κ1) is 15.0. The Labute approximate surface area is 121 Å². The van der Waals surface area contributed by atoms with Crippen molar-refractivity contribution in [3.63, 3.8) is 0 Å². The smallest absolute Gasteiger partial charge is 0.238 e. The van der Waals surface area contributed by atoms with E-state index in [4.69, 9.17) is 0 Å². The van der Waals surface area contributed by atoms with Crippen LogP contribution >= 0.6 is 0 Å². The zero-order valence-electron chi connectivity index (χ0n) is 12.4. The maximum atomic E-state index is 12.2. The van der Waals surface area contributed by atoms with Gasteiger partial charge in [0.2, 0.25) is 5.91 Å². The van der Waals surface area contributed by atoms with E-state index in [0.717, 1.165) is 25.9 Å². The molecule has 110 valence electrons. The zero-order valence-corrected chi connectivity index (χ0v) is 12.4. The lowest BCUT2D eigenvalue weighted by molar-refractivity contribution is -0.125. The Morgan fingerprint density at radius 1 is 1.30 bits per heavy atom. The van der Waals surface area contributed by atoms with Gasteiger partial charge in [0.25, 0.3) is 0 Å². The first-order chi connectivity index (χ1) is 9.57. The highest BCUT2D eigenvalue weighted by Crippen LogP contribution is 2.13. The van der Waals surface area contributed by atoms with Crippen LogP contribution in [0.4, 0.5) is 0 Å². The Morgan fingerprint density at radius 2 is 2.05 bits per heavy atom. The second-order valence-corrected chi connectivity index (χ2v) is 6.07. The third-order valence-corrected chi connectivity index (χ3v) is 3.70. The molecular formula is C16H25N3O. The number of aryl methyl sites for hydroxylation is 1. The van der Waals surface area contributed by atoms with E-state index in [1.807, 2.05) is 6.07 Å². The Hall–Kier alpha value is -1.39. The molecule has 1 aromatic carbocycles.